The summed E-state index contributed by atoms with van der Waals surface area (Å²) in [6, 6.07) is 15.6. The molecule has 0 saturated heterocycles. The predicted octanol–water partition coefficient (Wildman–Crippen LogP) is 3.66. The van der Waals surface area contributed by atoms with Gasteiger partial charge in [-0.15, -0.1) is 0 Å². The Labute approximate surface area is 120 Å². The Hall–Kier alpha value is -3.26. The number of furan rings is 2. The van der Waals surface area contributed by atoms with Gasteiger partial charge in [-0.2, -0.15) is 5.26 Å². The van der Waals surface area contributed by atoms with Crippen LogP contribution in [0.4, 0.5) is 5.69 Å². The largest absolute Gasteiger partial charge is 0.464 e. The number of nitriles is 1. The fourth-order valence-electron chi connectivity index (χ4n) is 1.94. The maximum atomic E-state index is 12.1. The molecule has 0 radical (unpaired) electrons. The summed E-state index contributed by atoms with van der Waals surface area (Å²) < 4.78 is 10.5. The van der Waals surface area contributed by atoms with E-state index in [1.807, 2.05) is 30.3 Å². The molecule has 1 aromatic carbocycles. The van der Waals surface area contributed by atoms with E-state index in [4.69, 9.17) is 14.1 Å². The molecule has 1 N–H and O–H groups in total. The molecular weight excluding hydrogens is 268 g/mol. The van der Waals surface area contributed by atoms with Gasteiger partial charge in [-0.05, 0) is 36.4 Å². The number of carbonyl (C=O) groups excluding carboxylic acids is 1. The molecule has 3 aromatic rings. The summed E-state index contributed by atoms with van der Waals surface area (Å²) in [4.78, 5) is 12.1. The van der Waals surface area contributed by atoms with E-state index in [0.29, 0.717) is 11.4 Å². The number of nitrogens with one attached hydrogen (secondary N) is 1. The van der Waals surface area contributed by atoms with Gasteiger partial charge in [0.15, 0.2) is 5.76 Å². The Morgan fingerprint density at radius 1 is 1.10 bits per heavy atom. The zero-order valence-corrected chi connectivity index (χ0v) is 10.9. The molecule has 2 aromatic heterocycles. The minimum absolute atomic E-state index is 0.0841. The fourth-order valence-corrected chi connectivity index (χ4v) is 1.94. The van der Waals surface area contributed by atoms with E-state index >= 15 is 0 Å². The minimum Gasteiger partial charge on any atom is -0.464 e. The molecule has 0 unspecified atom stereocenters. The van der Waals surface area contributed by atoms with Crippen LogP contribution in [0.5, 0.6) is 0 Å². The third-order valence-electron chi connectivity index (χ3n) is 2.90. The van der Waals surface area contributed by atoms with Crippen LogP contribution in [0.15, 0.2) is 63.6 Å². The molecule has 0 aliphatic rings. The number of rotatable bonds is 3. The number of para-hydroxylation sites is 1. The normalized spacial score (nSPS) is 10.0. The lowest BCUT2D eigenvalue weighted by atomic mass is 10.1. The highest BCUT2D eigenvalue weighted by atomic mass is 16.3. The van der Waals surface area contributed by atoms with Crippen LogP contribution in [0.1, 0.15) is 16.3 Å². The molecule has 5 heteroatoms. The van der Waals surface area contributed by atoms with E-state index in [1.165, 1.54) is 12.1 Å². The van der Waals surface area contributed by atoms with Crippen molar-refractivity contribution in [2.75, 3.05) is 5.32 Å². The monoisotopic (exact) mass is 278 g/mol. The Morgan fingerprint density at radius 2 is 1.95 bits per heavy atom. The van der Waals surface area contributed by atoms with Gasteiger partial charge in [0.1, 0.15) is 11.8 Å². The van der Waals surface area contributed by atoms with Crippen molar-refractivity contribution in [3.05, 3.63) is 66.3 Å². The first-order valence-corrected chi connectivity index (χ1v) is 6.22. The number of anilines is 1. The first kappa shape index (κ1) is 12.8. The molecule has 0 saturated carbocycles. The van der Waals surface area contributed by atoms with Gasteiger partial charge in [-0.3, -0.25) is 4.79 Å². The van der Waals surface area contributed by atoms with Crippen LogP contribution in [0.2, 0.25) is 0 Å². The Morgan fingerprint density at radius 3 is 2.67 bits per heavy atom. The quantitative estimate of drug-likeness (QED) is 0.792. The first-order chi connectivity index (χ1) is 10.3. The Bertz CT molecular complexity index is 810. The third kappa shape index (κ3) is 2.55. The molecule has 0 spiro atoms. The molecule has 0 fully saturated rings. The molecule has 102 valence electrons. The van der Waals surface area contributed by atoms with E-state index in [2.05, 4.69) is 5.32 Å². The van der Waals surface area contributed by atoms with E-state index in [1.54, 1.807) is 18.4 Å². The highest BCUT2D eigenvalue weighted by Gasteiger charge is 2.14. The van der Waals surface area contributed by atoms with Crippen LogP contribution in [0.3, 0.4) is 0 Å². The summed E-state index contributed by atoms with van der Waals surface area (Å²) in [5.41, 5.74) is 1.37. The van der Waals surface area contributed by atoms with Crippen molar-refractivity contribution in [2.24, 2.45) is 0 Å². The molecule has 3 rings (SSSR count). The van der Waals surface area contributed by atoms with Crippen LogP contribution in [0, 0.1) is 11.3 Å². The lowest BCUT2D eigenvalue weighted by Gasteiger charge is -2.08. The van der Waals surface area contributed by atoms with Gasteiger partial charge in [0.05, 0.1) is 12.0 Å². The molecule has 0 atom stereocenters. The van der Waals surface area contributed by atoms with Gasteiger partial charge in [0.2, 0.25) is 5.76 Å². The maximum Gasteiger partial charge on any atom is 0.291 e. The lowest BCUT2D eigenvalue weighted by Crippen LogP contribution is -2.11. The predicted molar refractivity (Wildman–Crippen MR) is 75.5 cm³/mol. The van der Waals surface area contributed by atoms with Crippen LogP contribution < -0.4 is 5.32 Å². The molecule has 0 bridgehead atoms. The number of carbonyl (C=O) groups is 1. The number of amides is 1. The third-order valence-corrected chi connectivity index (χ3v) is 2.90. The van der Waals surface area contributed by atoms with Gasteiger partial charge in [-0.1, -0.05) is 12.1 Å². The molecule has 2 heterocycles. The van der Waals surface area contributed by atoms with Gasteiger partial charge >= 0.3 is 0 Å². The van der Waals surface area contributed by atoms with Crippen molar-refractivity contribution in [3.63, 3.8) is 0 Å². The smallest absolute Gasteiger partial charge is 0.291 e. The summed E-state index contributed by atoms with van der Waals surface area (Å²) in [7, 11) is 0. The molecule has 1 amide bonds. The van der Waals surface area contributed by atoms with E-state index in [9.17, 15) is 4.79 Å². The summed E-state index contributed by atoms with van der Waals surface area (Å²) in [6.07, 6.45) is 1.57. The van der Waals surface area contributed by atoms with Crippen LogP contribution in [-0.2, 0) is 0 Å². The molecule has 5 nitrogen and oxygen atoms in total. The van der Waals surface area contributed by atoms with Gasteiger partial charge in [0.25, 0.3) is 5.91 Å². The van der Waals surface area contributed by atoms with Crippen molar-refractivity contribution in [2.45, 2.75) is 0 Å². The van der Waals surface area contributed by atoms with Crippen LogP contribution in [-0.4, -0.2) is 5.91 Å². The minimum atomic E-state index is -0.421. The van der Waals surface area contributed by atoms with Crippen molar-refractivity contribution in [1.29, 1.82) is 5.26 Å². The molecule has 0 aliphatic carbocycles. The second-order valence-corrected chi connectivity index (χ2v) is 4.25. The van der Waals surface area contributed by atoms with Crippen molar-refractivity contribution < 1.29 is 13.6 Å². The Kier molecular flexibility index (Phi) is 3.27. The van der Waals surface area contributed by atoms with E-state index < -0.39 is 5.91 Å². The second kappa shape index (κ2) is 5.39. The summed E-state index contributed by atoms with van der Waals surface area (Å²) >= 11 is 0. The number of benzene rings is 1. The molecular formula is C16H10N2O3. The lowest BCUT2D eigenvalue weighted by molar-refractivity contribution is 0.0996. The molecule has 0 aliphatic heterocycles. The highest BCUT2D eigenvalue weighted by molar-refractivity contribution is 6.04. The van der Waals surface area contributed by atoms with E-state index in [0.717, 1.165) is 5.56 Å². The molecule has 21 heavy (non-hydrogen) atoms. The highest BCUT2D eigenvalue weighted by Crippen LogP contribution is 2.28. The summed E-state index contributed by atoms with van der Waals surface area (Å²) in [5, 5.41) is 11.5. The van der Waals surface area contributed by atoms with Gasteiger partial charge in [-0.25, -0.2) is 0 Å². The van der Waals surface area contributed by atoms with Crippen LogP contribution >= 0.6 is 0 Å². The van der Waals surface area contributed by atoms with Crippen molar-refractivity contribution in [3.8, 4) is 17.4 Å². The number of nitrogens with zero attached hydrogens (tertiary/aromatic N) is 1. The van der Waals surface area contributed by atoms with Gasteiger partial charge in [0, 0.05) is 5.56 Å². The van der Waals surface area contributed by atoms with Crippen molar-refractivity contribution in [1.82, 2.24) is 0 Å². The van der Waals surface area contributed by atoms with Gasteiger partial charge < -0.3 is 14.2 Å². The van der Waals surface area contributed by atoms with Crippen molar-refractivity contribution >= 4 is 11.6 Å². The van der Waals surface area contributed by atoms with E-state index in [-0.39, 0.29) is 11.5 Å². The summed E-state index contributed by atoms with van der Waals surface area (Å²) in [5.74, 6) is 0.416. The fraction of sp³-hybridized carbons (Fsp3) is 0. The topological polar surface area (TPSA) is 79.2 Å². The first-order valence-electron chi connectivity index (χ1n) is 6.22. The second-order valence-electron chi connectivity index (χ2n) is 4.25. The summed E-state index contributed by atoms with van der Waals surface area (Å²) in [6.45, 7) is 0. The number of hydrogen-bond donors (Lipinski definition) is 1. The maximum absolute atomic E-state index is 12.1. The Balaban J connectivity index is 1.89. The SMILES string of the molecule is N#Cc1ccc(C(=O)Nc2ccccc2-c2ccco2)o1. The zero-order chi connectivity index (χ0) is 14.7. The average molecular weight is 278 g/mol. The number of hydrogen-bond acceptors (Lipinski definition) is 4. The van der Waals surface area contributed by atoms with Crippen LogP contribution in [0.25, 0.3) is 11.3 Å². The average Bonchev–Trinajstić information content (AvgIpc) is 3.19. The zero-order valence-electron chi connectivity index (χ0n) is 10.9. The standard InChI is InChI=1S/C16H10N2O3/c17-10-11-7-8-15(21-11)16(19)18-13-5-2-1-4-12(13)14-6-3-9-20-14/h1-9H,(H,18,19).